The molecule has 160 valence electrons. The van der Waals surface area contributed by atoms with Gasteiger partial charge in [0.15, 0.2) is 6.10 Å². The summed E-state index contributed by atoms with van der Waals surface area (Å²) in [6, 6.07) is 6.41. The Morgan fingerprint density at radius 3 is 2.70 bits per heavy atom. The summed E-state index contributed by atoms with van der Waals surface area (Å²) in [6.45, 7) is 1.40. The number of amides is 3. The van der Waals surface area contributed by atoms with E-state index in [1.54, 1.807) is 24.3 Å². The van der Waals surface area contributed by atoms with E-state index in [0.29, 0.717) is 16.7 Å². The molecular weight excluding hydrogens is 388 g/mol. The van der Waals surface area contributed by atoms with Crippen LogP contribution in [0.3, 0.4) is 0 Å². The smallest absolute Gasteiger partial charge is 0.321 e. The monoisotopic (exact) mass is 414 g/mol. The number of H-pyrrole nitrogens is 1. The topological polar surface area (TPSA) is 130 Å². The number of carbonyl (C=O) groups excluding carboxylic acids is 3. The molecule has 0 spiro atoms. The number of aromatic amines is 1. The number of esters is 1. The second-order valence-corrected chi connectivity index (χ2v) is 7.46. The lowest BCUT2D eigenvalue weighted by molar-refractivity contribution is -0.154. The molecule has 0 bridgehead atoms. The van der Waals surface area contributed by atoms with Crippen LogP contribution in [0.1, 0.15) is 51.3 Å². The van der Waals surface area contributed by atoms with Gasteiger partial charge >= 0.3 is 12.0 Å². The summed E-state index contributed by atoms with van der Waals surface area (Å²) in [4.78, 5) is 55.1. The number of para-hydroxylation sites is 1. The summed E-state index contributed by atoms with van der Waals surface area (Å²) in [6.07, 6.45) is 4.07. The van der Waals surface area contributed by atoms with Crippen LogP contribution in [-0.2, 0) is 20.7 Å². The lowest BCUT2D eigenvalue weighted by Gasteiger charge is -2.23. The first-order chi connectivity index (χ1) is 14.4. The number of nitrogens with zero attached hydrogens (tertiary/aromatic N) is 1. The van der Waals surface area contributed by atoms with Gasteiger partial charge in [0.25, 0.3) is 11.5 Å². The third-order valence-electron chi connectivity index (χ3n) is 5.08. The van der Waals surface area contributed by atoms with E-state index in [1.165, 1.54) is 6.92 Å². The van der Waals surface area contributed by atoms with E-state index in [0.717, 1.165) is 32.1 Å². The molecule has 1 heterocycles. The summed E-state index contributed by atoms with van der Waals surface area (Å²) in [5, 5.41) is 5.45. The summed E-state index contributed by atoms with van der Waals surface area (Å²) in [7, 11) is 0. The molecule has 1 aromatic heterocycles. The van der Waals surface area contributed by atoms with Gasteiger partial charge in [0.1, 0.15) is 5.82 Å². The first-order valence-electron chi connectivity index (χ1n) is 10.2. The molecule has 0 unspecified atom stereocenters. The van der Waals surface area contributed by atoms with Crippen molar-refractivity contribution in [1.29, 1.82) is 0 Å². The van der Waals surface area contributed by atoms with Crippen molar-refractivity contribution in [1.82, 2.24) is 20.6 Å². The number of aryl methyl sites for hydroxylation is 1. The molecule has 0 saturated heterocycles. The third kappa shape index (κ3) is 5.88. The highest BCUT2D eigenvalue weighted by Gasteiger charge is 2.22. The molecule has 9 nitrogen and oxygen atoms in total. The van der Waals surface area contributed by atoms with Crippen LogP contribution in [0.5, 0.6) is 0 Å². The Balaban J connectivity index is 1.45. The van der Waals surface area contributed by atoms with Crippen molar-refractivity contribution in [2.75, 3.05) is 0 Å². The lowest BCUT2D eigenvalue weighted by Crippen LogP contribution is -2.48. The first-order valence-corrected chi connectivity index (χ1v) is 10.2. The van der Waals surface area contributed by atoms with Crippen LogP contribution in [0.2, 0.25) is 0 Å². The molecule has 0 radical (unpaired) electrons. The van der Waals surface area contributed by atoms with Crippen molar-refractivity contribution >= 4 is 28.8 Å². The molecule has 9 heteroatoms. The Bertz CT molecular complexity index is 981. The quantitative estimate of drug-likeness (QED) is 0.620. The molecule has 1 atom stereocenters. The first kappa shape index (κ1) is 21.5. The number of ether oxygens (including phenoxy) is 1. The Morgan fingerprint density at radius 2 is 1.93 bits per heavy atom. The van der Waals surface area contributed by atoms with E-state index in [-0.39, 0.29) is 24.4 Å². The minimum absolute atomic E-state index is 0.0623. The third-order valence-corrected chi connectivity index (χ3v) is 5.08. The maximum absolute atomic E-state index is 12.1. The lowest BCUT2D eigenvalue weighted by atomic mass is 9.96. The van der Waals surface area contributed by atoms with Crippen molar-refractivity contribution in [3.63, 3.8) is 0 Å². The van der Waals surface area contributed by atoms with Crippen molar-refractivity contribution in [2.45, 2.75) is 64.0 Å². The number of hydrogen-bond acceptors (Lipinski definition) is 6. The summed E-state index contributed by atoms with van der Waals surface area (Å²) >= 11 is 0. The molecule has 3 rings (SSSR count). The normalized spacial score (nSPS) is 15.4. The molecule has 30 heavy (non-hydrogen) atoms. The van der Waals surface area contributed by atoms with Gasteiger partial charge in [0, 0.05) is 12.5 Å². The number of imide groups is 1. The highest BCUT2D eigenvalue weighted by atomic mass is 16.5. The molecule has 3 amide bonds. The largest absolute Gasteiger partial charge is 0.453 e. The predicted molar refractivity (Wildman–Crippen MR) is 110 cm³/mol. The van der Waals surface area contributed by atoms with Gasteiger partial charge in [-0.25, -0.2) is 9.78 Å². The summed E-state index contributed by atoms with van der Waals surface area (Å²) in [5.41, 5.74) is 0.266. The van der Waals surface area contributed by atoms with E-state index in [1.807, 2.05) is 0 Å². The fourth-order valence-electron chi connectivity index (χ4n) is 3.47. The molecule has 1 aromatic carbocycles. The van der Waals surface area contributed by atoms with Crippen LogP contribution in [0.4, 0.5) is 4.79 Å². The van der Waals surface area contributed by atoms with Gasteiger partial charge in [-0.15, -0.1) is 0 Å². The second kappa shape index (κ2) is 10.00. The van der Waals surface area contributed by atoms with E-state index < -0.39 is 24.0 Å². The van der Waals surface area contributed by atoms with Crippen molar-refractivity contribution in [3.05, 3.63) is 40.4 Å². The van der Waals surface area contributed by atoms with Gasteiger partial charge in [-0.2, -0.15) is 0 Å². The SMILES string of the molecule is C[C@@H](OC(=O)CCc1nc2ccccc2c(=O)[nH]1)C(=O)NC(=O)NC1CCCCC1. The second-order valence-electron chi connectivity index (χ2n) is 7.46. The molecule has 1 aliphatic carbocycles. The molecule has 1 saturated carbocycles. The molecule has 0 aliphatic heterocycles. The van der Waals surface area contributed by atoms with Gasteiger partial charge < -0.3 is 15.0 Å². The highest BCUT2D eigenvalue weighted by molar-refractivity contribution is 5.97. The van der Waals surface area contributed by atoms with Crippen LogP contribution in [-0.4, -0.2) is 40.0 Å². The number of rotatable bonds is 6. The molecule has 3 N–H and O–H groups in total. The highest BCUT2D eigenvalue weighted by Crippen LogP contribution is 2.17. The number of urea groups is 1. The van der Waals surface area contributed by atoms with E-state index >= 15 is 0 Å². The van der Waals surface area contributed by atoms with E-state index in [2.05, 4.69) is 20.6 Å². The number of hydrogen-bond donors (Lipinski definition) is 3. The minimum Gasteiger partial charge on any atom is -0.453 e. The zero-order valence-electron chi connectivity index (χ0n) is 16.9. The van der Waals surface area contributed by atoms with Crippen molar-refractivity contribution < 1.29 is 19.1 Å². The van der Waals surface area contributed by atoms with Crippen LogP contribution in [0, 0.1) is 0 Å². The number of nitrogens with one attached hydrogen (secondary N) is 3. The van der Waals surface area contributed by atoms with Crippen molar-refractivity contribution in [2.24, 2.45) is 0 Å². The standard InChI is InChI=1S/C21H26N4O5/c1-13(19(27)25-21(29)22-14-7-3-2-4-8-14)30-18(26)12-11-17-23-16-10-6-5-9-15(16)20(28)24-17/h5-6,9-10,13-14H,2-4,7-8,11-12H2,1H3,(H,23,24,28)(H2,22,25,27,29)/t13-/m1/s1. The number of carbonyl (C=O) groups is 3. The molecule has 2 aromatic rings. The van der Waals surface area contributed by atoms with Crippen LogP contribution < -0.4 is 16.2 Å². The predicted octanol–water partition coefficient (Wildman–Crippen LogP) is 1.95. The molecule has 1 fully saturated rings. The molecule has 1 aliphatic rings. The average molecular weight is 414 g/mol. The summed E-state index contributed by atoms with van der Waals surface area (Å²) in [5.74, 6) is -0.949. The van der Waals surface area contributed by atoms with E-state index in [9.17, 15) is 19.2 Å². The van der Waals surface area contributed by atoms with Gasteiger partial charge in [-0.1, -0.05) is 31.4 Å². The Hall–Kier alpha value is -3.23. The van der Waals surface area contributed by atoms with E-state index in [4.69, 9.17) is 4.74 Å². The fraction of sp³-hybridized carbons (Fsp3) is 0.476. The van der Waals surface area contributed by atoms with Crippen LogP contribution in [0.15, 0.2) is 29.1 Å². The fourth-order valence-corrected chi connectivity index (χ4v) is 3.47. The van der Waals surface area contributed by atoms with Gasteiger partial charge in [-0.3, -0.25) is 19.7 Å². The van der Waals surface area contributed by atoms with Crippen LogP contribution in [0.25, 0.3) is 10.9 Å². The Morgan fingerprint density at radius 1 is 1.20 bits per heavy atom. The Kier molecular flexibility index (Phi) is 7.16. The van der Waals surface area contributed by atoms with Crippen molar-refractivity contribution in [3.8, 4) is 0 Å². The Labute approximate surface area is 173 Å². The van der Waals surface area contributed by atoms with Gasteiger partial charge in [0.05, 0.1) is 17.3 Å². The number of fused-ring (bicyclic) bond motifs is 1. The maximum atomic E-state index is 12.1. The zero-order valence-corrected chi connectivity index (χ0v) is 16.9. The molecular formula is C21H26N4O5. The van der Waals surface area contributed by atoms with Gasteiger partial charge in [-0.05, 0) is 31.9 Å². The zero-order chi connectivity index (χ0) is 21.5. The van der Waals surface area contributed by atoms with Gasteiger partial charge in [0.2, 0.25) is 0 Å². The number of aromatic nitrogens is 2. The van der Waals surface area contributed by atoms with Crippen LogP contribution >= 0.6 is 0 Å². The summed E-state index contributed by atoms with van der Waals surface area (Å²) < 4.78 is 5.09. The maximum Gasteiger partial charge on any atom is 0.321 e. The average Bonchev–Trinajstić information content (AvgIpc) is 2.73. The number of benzene rings is 1. The minimum atomic E-state index is -1.11.